The molecule has 2 aromatic rings. The Bertz CT molecular complexity index is 917. The number of nitrogens with one attached hydrogen (secondary N) is 1. The lowest BCUT2D eigenvalue weighted by molar-refractivity contribution is 0.102. The Hall–Kier alpha value is -2.32. The molecule has 3 rings (SSSR count). The highest BCUT2D eigenvalue weighted by Crippen LogP contribution is 2.25. The predicted molar refractivity (Wildman–Crippen MR) is 116 cm³/mol. The topological polar surface area (TPSA) is 35.6 Å². The molecule has 4 nitrogen and oxygen atoms in total. The summed E-state index contributed by atoms with van der Waals surface area (Å²) in [5, 5.41) is 3.57. The zero-order valence-corrected chi connectivity index (χ0v) is 17.4. The van der Waals surface area contributed by atoms with E-state index in [1.165, 1.54) is 6.42 Å². The summed E-state index contributed by atoms with van der Waals surface area (Å²) < 4.78 is 0. The fourth-order valence-corrected chi connectivity index (χ4v) is 3.73. The second-order valence-corrected chi connectivity index (χ2v) is 7.98. The largest absolute Gasteiger partial charge is 0.322 e. The Morgan fingerprint density at radius 1 is 1.32 bits per heavy atom. The molecule has 0 saturated carbocycles. The lowest BCUT2D eigenvalue weighted by atomic mass is 10.1. The third kappa shape index (κ3) is 4.74. The molecule has 0 aromatic heterocycles. The number of amides is 1. The monoisotopic (exact) mass is 395 g/mol. The van der Waals surface area contributed by atoms with Gasteiger partial charge in [0.1, 0.15) is 0 Å². The highest BCUT2D eigenvalue weighted by atomic mass is 35.5. The summed E-state index contributed by atoms with van der Waals surface area (Å²) >= 11 is 6.49. The Labute approximate surface area is 172 Å². The van der Waals surface area contributed by atoms with E-state index in [2.05, 4.69) is 35.1 Å². The molecule has 1 fully saturated rings. The summed E-state index contributed by atoms with van der Waals surface area (Å²) in [6.45, 7) is 4.87. The molecule has 0 spiro atoms. The van der Waals surface area contributed by atoms with E-state index in [1.807, 2.05) is 31.2 Å². The molecule has 1 aliphatic rings. The molecule has 1 amide bonds. The maximum Gasteiger partial charge on any atom is 0.255 e. The first-order valence-corrected chi connectivity index (χ1v) is 9.81. The van der Waals surface area contributed by atoms with E-state index in [-0.39, 0.29) is 5.91 Å². The lowest BCUT2D eigenvalue weighted by Crippen LogP contribution is -2.31. The number of nitrogens with zero attached hydrogens (tertiary/aromatic N) is 2. The van der Waals surface area contributed by atoms with Crippen molar-refractivity contribution in [2.45, 2.75) is 25.9 Å². The summed E-state index contributed by atoms with van der Waals surface area (Å²) in [5.41, 5.74) is 3.98. The molecule has 0 unspecified atom stereocenters. The van der Waals surface area contributed by atoms with Gasteiger partial charge in [0.2, 0.25) is 0 Å². The molecule has 0 aliphatic carbocycles. The van der Waals surface area contributed by atoms with Crippen LogP contribution in [-0.4, -0.2) is 48.9 Å². The molecule has 2 aromatic carbocycles. The summed E-state index contributed by atoms with van der Waals surface area (Å²) in [5.74, 6) is 2.41. The highest BCUT2D eigenvalue weighted by Gasteiger charge is 2.24. The molecule has 5 heteroatoms. The van der Waals surface area contributed by atoms with Gasteiger partial charge in [0.15, 0.2) is 0 Å². The SMILES string of the molecule is C#Cc1cc(C(=O)Nc2ccc(CN3CC[C@@H](N(C)C)C3)c(Cl)c2)ccc1C. The van der Waals surface area contributed by atoms with Gasteiger partial charge in [0.25, 0.3) is 5.91 Å². The van der Waals surface area contributed by atoms with Crippen LogP contribution in [0.15, 0.2) is 36.4 Å². The average Bonchev–Trinajstić information content (AvgIpc) is 3.13. The molecule has 1 atom stereocenters. The van der Waals surface area contributed by atoms with E-state index in [1.54, 1.807) is 12.1 Å². The molecule has 1 aliphatic heterocycles. The summed E-state index contributed by atoms with van der Waals surface area (Å²) in [6.07, 6.45) is 6.67. The van der Waals surface area contributed by atoms with Gasteiger partial charge in [-0.1, -0.05) is 29.7 Å². The van der Waals surface area contributed by atoms with Crippen LogP contribution in [0.25, 0.3) is 0 Å². The number of halogens is 1. The van der Waals surface area contributed by atoms with E-state index in [0.717, 1.165) is 36.3 Å². The molecule has 1 heterocycles. The number of carbonyl (C=O) groups is 1. The van der Waals surface area contributed by atoms with Crippen molar-refractivity contribution in [3.8, 4) is 12.3 Å². The summed E-state index contributed by atoms with van der Waals surface area (Å²) in [7, 11) is 4.25. The zero-order chi connectivity index (χ0) is 20.3. The van der Waals surface area contributed by atoms with E-state index < -0.39 is 0 Å². The highest BCUT2D eigenvalue weighted by molar-refractivity contribution is 6.31. The van der Waals surface area contributed by atoms with Crippen molar-refractivity contribution in [1.82, 2.24) is 9.80 Å². The first-order valence-electron chi connectivity index (χ1n) is 9.43. The van der Waals surface area contributed by atoms with Crippen molar-refractivity contribution in [2.75, 3.05) is 32.5 Å². The van der Waals surface area contributed by atoms with Gasteiger partial charge in [-0.2, -0.15) is 0 Å². The van der Waals surface area contributed by atoms with Crippen LogP contribution in [0, 0.1) is 19.3 Å². The van der Waals surface area contributed by atoms with Gasteiger partial charge < -0.3 is 10.2 Å². The van der Waals surface area contributed by atoms with Crippen molar-refractivity contribution >= 4 is 23.2 Å². The second kappa shape index (κ2) is 8.79. The normalized spacial score (nSPS) is 16.9. The summed E-state index contributed by atoms with van der Waals surface area (Å²) in [4.78, 5) is 17.2. The quantitative estimate of drug-likeness (QED) is 0.777. The molecule has 0 radical (unpaired) electrons. The number of hydrogen-bond acceptors (Lipinski definition) is 3. The maximum atomic E-state index is 12.5. The van der Waals surface area contributed by atoms with Gasteiger partial charge in [0.05, 0.1) is 0 Å². The number of benzene rings is 2. The van der Waals surface area contributed by atoms with E-state index >= 15 is 0 Å². The fourth-order valence-electron chi connectivity index (χ4n) is 3.49. The minimum absolute atomic E-state index is 0.200. The number of likely N-dealkylation sites (N-methyl/N-ethyl adjacent to an activating group) is 1. The van der Waals surface area contributed by atoms with Crippen LogP contribution in [0.2, 0.25) is 5.02 Å². The van der Waals surface area contributed by atoms with Crippen LogP contribution in [0.1, 0.15) is 33.5 Å². The van der Waals surface area contributed by atoms with E-state index in [0.29, 0.717) is 22.3 Å². The zero-order valence-electron chi connectivity index (χ0n) is 16.6. The number of anilines is 1. The number of carbonyl (C=O) groups excluding carboxylic acids is 1. The molecule has 28 heavy (non-hydrogen) atoms. The number of hydrogen-bond donors (Lipinski definition) is 1. The Morgan fingerprint density at radius 2 is 2.11 bits per heavy atom. The van der Waals surface area contributed by atoms with Gasteiger partial charge in [0, 0.05) is 47.5 Å². The minimum Gasteiger partial charge on any atom is -0.322 e. The van der Waals surface area contributed by atoms with Gasteiger partial charge in [-0.15, -0.1) is 6.42 Å². The van der Waals surface area contributed by atoms with E-state index in [9.17, 15) is 4.79 Å². The maximum absolute atomic E-state index is 12.5. The van der Waals surface area contributed by atoms with Crippen molar-refractivity contribution in [3.05, 3.63) is 63.7 Å². The van der Waals surface area contributed by atoms with Crippen LogP contribution in [0.3, 0.4) is 0 Å². The molecule has 0 bridgehead atoms. The number of terminal acetylenes is 1. The van der Waals surface area contributed by atoms with Crippen molar-refractivity contribution in [1.29, 1.82) is 0 Å². The predicted octanol–water partition coefficient (Wildman–Crippen LogP) is 4.02. The lowest BCUT2D eigenvalue weighted by Gasteiger charge is -2.21. The number of rotatable bonds is 5. The molecule has 1 N–H and O–H groups in total. The molecule has 146 valence electrons. The smallest absolute Gasteiger partial charge is 0.255 e. The van der Waals surface area contributed by atoms with Crippen molar-refractivity contribution in [3.63, 3.8) is 0 Å². The molecular weight excluding hydrogens is 370 g/mol. The van der Waals surface area contributed by atoms with Crippen LogP contribution < -0.4 is 5.32 Å². The molecule has 1 saturated heterocycles. The van der Waals surface area contributed by atoms with Gasteiger partial charge in [-0.05, 0) is 62.8 Å². The standard InChI is InChI=1S/C23H26ClN3O/c1-5-17-12-18(7-6-16(17)2)23(28)25-20-9-8-19(22(24)13-20)14-27-11-10-21(15-27)26(3)4/h1,6-9,12-13,21H,10-11,14-15H2,2-4H3,(H,25,28)/t21-/m1/s1. The van der Waals surface area contributed by atoms with Crippen LogP contribution in [0.5, 0.6) is 0 Å². The van der Waals surface area contributed by atoms with Crippen LogP contribution in [0.4, 0.5) is 5.69 Å². The molecular formula is C23H26ClN3O. The van der Waals surface area contributed by atoms with Crippen molar-refractivity contribution in [2.24, 2.45) is 0 Å². The summed E-state index contributed by atoms with van der Waals surface area (Å²) in [6, 6.07) is 11.7. The van der Waals surface area contributed by atoms with Gasteiger partial charge in [-0.3, -0.25) is 9.69 Å². The van der Waals surface area contributed by atoms with Crippen molar-refractivity contribution < 1.29 is 4.79 Å². The Balaban J connectivity index is 1.66. The first kappa shape index (κ1) is 20.4. The minimum atomic E-state index is -0.200. The number of likely N-dealkylation sites (tertiary alicyclic amines) is 1. The number of aryl methyl sites for hydroxylation is 1. The fraction of sp³-hybridized carbons (Fsp3) is 0.348. The third-order valence-corrected chi connectivity index (χ3v) is 5.69. The van der Waals surface area contributed by atoms with Gasteiger partial charge >= 0.3 is 0 Å². The Morgan fingerprint density at radius 3 is 2.75 bits per heavy atom. The van der Waals surface area contributed by atoms with E-state index in [4.69, 9.17) is 18.0 Å². The Kier molecular flexibility index (Phi) is 6.41. The third-order valence-electron chi connectivity index (χ3n) is 5.34. The second-order valence-electron chi connectivity index (χ2n) is 7.58. The van der Waals surface area contributed by atoms with Gasteiger partial charge in [-0.25, -0.2) is 0 Å². The average molecular weight is 396 g/mol. The first-order chi connectivity index (χ1) is 13.4. The van der Waals surface area contributed by atoms with Crippen LogP contribution >= 0.6 is 11.6 Å². The van der Waals surface area contributed by atoms with Crippen LogP contribution in [-0.2, 0) is 6.54 Å².